The van der Waals surface area contributed by atoms with E-state index in [1.807, 2.05) is 11.9 Å². The maximum atomic E-state index is 11.3. The molecule has 0 bridgehead atoms. The molecule has 0 aromatic carbocycles. The van der Waals surface area contributed by atoms with Crippen LogP contribution in [0.5, 0.6) is 0 Å². The van der Waals surface area contributed by atoms with Crippen LogP contribution in [0.25, 0.3) is 0 Å². The van der Waals surface area contributed by atoms with Gasteiger partial charge in [0.2, 0.25) is 0 Å². The molecule has 1 aliphatic rings. The van der Waals surface area contributed by atoms with Crippen LogP contribution in [0.1, 0.15) is 26.7 Å². The number of carboxylic acids is 1. The molecule has 1 fully saturated rings. The minimum absolute atomic E-state index is 0.338. The topological polar surface area (TPSA) is 40.5 Å². The standard InChI is InChI=1S/C10H19NO2S/c1-4-8(2)11(3)10(9(12)13)5-6-14-7-10/h8H,4-7H2,1-3H3,(H,12,13). The van der Waals surface area contributed by atoms with Gasteiger partial charge in [-0.25, -0.2) is 0 Å². The van der Waals surface area contributed by atoms with Crippen LogP contribution < -0.4 is 0 Å². The Hall–Kier alpha value is -0.220. The molecule has 0 aliphatic carbocycles. The summed E-state index contributed by atoms with van der Waals surface area (Å²) >= 11 is 1.74. The maximum absolute atomic E-state index is 11.3. The van der Waals surface area contributed by atoms with Gasteiger partial charge in [0.05, 0.1) is 0 Å². The van der Waals surface area contributed by atoms with E-state index in [-0.39, 0.29) is 0 Å². The number of nitrogens with zero attached hydrogens (tertiary/aromatic N) is 1. The fourth-order valence-electron chi connectivity index (χ4n) is 1.85. The van der Waals surface area contributed by atoms with Gasteiger partial charge in [-0.3, -0.25) is 9.69 Å². The third-order valence-electron chi connectivity index (χ3n) is 3.33. The summed E-state index contributed by atoms with van der Waals surface area (Å²) in [6.07, 6.45) is 1.77. The summed E-state index contributed by atoms with van der Waals surface area (Å²) in [6, 6.07) is 0.338. The van der Waals surface area contributed by atoms with Crippen molar-refractivity contribution in [3.8, 4) is 0 Å². The molecule has 3 nitrogen and oxygen atoms in total. The number of rotatable bonds is 4. The van der Waals surface area contributed by atoms with Gasteiger partial charge in [0, 0.05) is 11.8 Å². The van der Waals surface area contributed by atoms with Gasteiger partial charge in [-0.15, -0.1) is 0 Å². The molecule has 1 saturated heterocycles. The second kappa shape index (κ2) is 4.53. The van der Waals surface area contributed by atoms with Crippen molar-refractivity contribution in [2.24, 2.45) is 0 Å². The largest absolute Gasteiger partial charge is 0.480 e. The van der Waals surface area contributed by atoms with Gasteiger partial charge >= 0.3 is 5.97 Å². The molecule has 0 aromatic rings. The summed E-state index contributed by atoms with van der Waals surface area (Å²) < 4.78 is 0. The molecule has 14 heavy (non-hydrogen) atoms. The summed E-state index contributed by atoms with van der Waals surface area (Å²) in [7, 11) is 1.94. The van der Waals surface area contributed by atoms with Crippen LogP contribution in [-0.2, 0) is 4.79 Å². The van der Waals surface area contributed by atoms with Gasteiger partial charge < -0.3 is 5.11 Å². The van der Waals surface area contributed by atoms with Crippen molar-refractivity contribution >= 4 is 17.7 Å². The molecule has 0 spiro atoms. The molecule has 0 radical (unpaired) electrons. The lowest BCUT2D eigenvalue weighted by Gasteiger charge is -2.38. The minimum Gasteiger partial charge on any atom is -0.480 e. The highest BCUT2D eigenvalue weighted by atomic mass is 32.2. The zero-order valence-corrected chi connectivity index (χ0v) is 9.93. The summed E-state index contributed by atoms with van der Waals surface area (Å²) in [5.41, 5.74) is -0.611. The Morgan fingerprint density at radius 1 is 1.71 bits per heavy atom. The number of aliphatic carboxylic acids is 1. The van der Waals surface area contributed by atoms with E-state index in [4.69, 9.17) is 0 Å². The molecule has 1 rings (SSSR count). The Morgan fingerprint density at radius 2 is 2.36 bits per heavy atom. The highest BCUT2D eigenvalue weighted by Crippen LogP contribution is 2.34. The van der Waals surface area contributed by atoms with E-state index in [1.165, 1.54) is 0 Å². The summed E-state index contributed by atoms with van der Waals surface area (Å²) in [4.78, 5) is 13.4. The van der Waals surface area contributed by atoms with Crippen molar-refractivity contribution in [2.75, 3.05) is 18.6 Å². The first-order valence-corrected chi connectivity index (χ1v) is 6.24. The van der Waals surface area contributed by atoms with Crippen molar-refractivity contribution in [3.05, 3.63) is 0 Å². The Balaban J connectivity index is 2.82. The lowest BCUT2D eigenvalue weighted by Crippen LogP contribution is -2.56. The van der Waals surface area contributed by atoms with E-state index in [2.05, 4.69) is 13.8 Å². The normalized spacial score (nSPS) is 29.4. The van der Waals surface area contributed by atoms with E-state index in [0.717, 1.165) is 24.3 Å². The van der Waals surface area contributed by atoms with Gasteiger partial charge in [0.1, 0.15) is 5.54 Å². The Morgan fingerprint density at radius 3 is 2.71 bits per heavy atom. The van der Waals surface area contributed by atoms with Crippen molar-refractivity contribution in [1.29, 1.82) is 0 Å². The fourth-order valence-corrected chi connectivity index (χ4v) is 3.28. The molecule has 2 atom stereocenters. The Kier molecular flexibility index (Phi) is 3.84. The number of hydrogen-bond donors (Lipinski definition) is 1. The summed E-state index contributed by atoms with van der Waals surface area (Å²) in [5.74, 6) is 1.03. The molecule has 1 heterocycles. The van der Waals surface area contributed by atoms with Crippen LogP contribution in [0.2, 0.25) is 0 Å². The second-order valence-corrected chi connectivity index (χ2v) is 5.11. The Bertz CT molecular complexity index is 214. The third-order valence-corrected chi connectivity index (χ3v) is 4.50. The minimum atomic E-state index is -0.662. The van der Waals surface area contributed by atoms with Crippen molar-refractivity contribution < 1.29 is 9.90 Å². The number of hydrogen-bond acceptors (Lipinski definition) is 3. The van der Waals surface area contributed by atoms with Crippen LogP contribution in [0.3, 0.4) is 0 Å². The van der Waals surface area contributed by atoms with Crippen LogP contribution in [0.4, 0.5) is 0 Å². The predicted octanol–water partition coefficient (Wildman–Crippen LogP) is 1.68. The molecular formula is C10H19NO2S. The number of likely N-dealkylation sites (N-methyl/N-ethyl adjacent to an activating group) is 1. The van der Waals surface area contributed by atoms with Gasteiger partial charge in [-0.05, 0) is 32.6 Å². The molecule has 0 saturated carbocycles. The quantitative estimate of drug-likeness (QED) is 0.778. The third kappa shape index (κ3) is 1.91. The fraction of sp³-hybridized carbons (Fsp3) is 0.900. The zero-order chi connectivity index (χ0) is 10.8. The summed E-state index contributed by atoms with van der Waals surface area (Å²) in [5, 5.41) is 9.32. The highest BCUT2D eigenvalue weighted by Gasteiger charge is 2.46. The SMILES string of the molecule is CCC(C)N(C)C1(C(=O)O)CCSC1. The van der Waals surface area contributed by atoms with Crippen molar-refractivity contribution in [2.45, 2.75) is 38.3 Å². The van der Waals surface area contributed by atoms with Gasteiger partial charge in [-0.2, -0.15) is 11.8 Å². The van der Waals surface area contributed by atoms with E-state index in [1.54, 1.807) is 11.8 Å². The van der Waals surface area contributed by atoms with Crippen LogP contribution in [-0.4, -0.2) is 46.1 Å². The van der Waals surface area contributed by atoms with Crippen LogP contribution >= 0.6 is 11.8 Å². The predicted molar refractivity (Wildman–Crippen MR) is 59.8 cm³/mol. The molecule has 82 valence electrons. The van der Waals surface area contributed by atoms with Gasteiger partial charge in [0.15, 0.2) is 0 Å². The lowest BCUT2D eigenvalue weighted by molar-refractivity contribution is -0.150. The molecule has 4 heteroatoms. The van der Waals surface area contributed by atoms with Gasteiger partial charge in [0.25, 0.3) is 0 Å². The molecule has 2 unspecified atom stereocenters. The van der Waals surface area contributed by atoms with Crippen molar-refractivity contribution in [1.82, 2.24) is 4.90 Å². The number of thioether (sulfide) groups is 1. The first-order valence-electron chi connectivity index (χ1n) is 5.08. The van der Waals surface area contributed by atoms with E-state index < -0.39 is 11.5 Å². The number of carbonyl (C=O) groups is 1. The van der Waals surface area contributed by atoms with Gasteiger partial charge in [-0.1, -0.05) is 6.92 Å². The molecule has 1 aliphatic heterocycles. The van der Waals surface area contributed by atoms with Crippen molar-refractivity contribution in [3.63, 3.8) is 0 Å². The lowest BCUT2D eigenvalue weighted by atomic mass is 9.95. The molecular weight excluding hydrogens is 198 g/mol. The molecule has 0 aromatic heterocycles. The maximum Gasteiger partial charge on any atom is 0.325 e. The zero-order valence-electron chi connectivity index (χ0n) is 9.12. The highest BCUT2D eigenvalue weighted by molar-refractivity contribution is 7.99. The number of carboxylic acid groups (broad SMARTS) is 1. The summed E-state index contributed by atoms with van der Waals surface area (Å²) in [6.45, 7) is 4.19. The van der Waals surface area contributed by atoms with E-state index in [0.29, 0.717) is 6.04 Å². The van der Waals surface area contributed by atoms with Crippen LogP contribution in [0, 0.1) is 0 Å². The smallest absolute Gasteiger partial charge is 0.325 e. The van der Waals surface area contributed by atoms with Crippen LogP contribution in [0.15, 0.2) is 0 Å². The molecule has 0 amide bonds. The average molecular weight is 217 g/mol. The molecule has 1 N–H and O–H groups in total. The van der Waals surface area contributed by atoms with E-state index in [9.17, 15) is 9.90 Å². The monoisotopic (exact) mass is 217 g/mol. The second-order valence-electron chi connectivity index (χ2n) is 4.01. The first-order chi connectivity index (χ1) is 6.54. The Labute approximate surface area is 89.9 Å². The first kappa shape index (κ1) is 11.9. The average Bonchev–Trinajstić information content (AvgIpc) is 2.65. The van der Waals surface area contributed by atoms with E-state index >= 15 is 0 Å².